The topological polar surface area (TPSA) is 130 Å². The van der Waals surface area contributed by atoms with Gasteiger partial charge in [-0.1, -0.05) is 51.1 Å². The molecule has 1 rings (SSSR count). The van der Waals surface area contributed by atoms with Crippen molar-refractivity contribution in [2.24, 2.45) is 17.1 Å². The number of nitrogens with one attached hydrogen (secondary N) is 1. The van der Waals surface area contributed by atoms with Crippen LogP contribution in [0.2, 0.25) is 0 Å². The van der Waals surface area contributed by atoms with Gasteiger partial charge in [-0.2, -0.15) is 0 Å². The summed E-state index contributed by atoms with van der Waals surface area (Å²) in [5, 5.41) is 21.0. The molecule has 7 heteroatoms. The summed E-state index contributed by atoms with van der Waals surface area (Å²) in [5.74, 6) is -4.33. The number of nitrogens with two attached hydrogens (primary N) is 1. The molecule has 0 aromatic heterocycles. The molecule has 0 radical (unpaired) electrons. The molecule has 0 saturated heterocycles. The minimum Gasteiger partial charge on any atom is -0.481 e. The lowest BCUT2D eigenvalue weighted by Crippen LogP contribution is -2.55. The fourth-order valence-electron chi connectivity index (χ4n) is 2.53. The van der Waals surface area contributed by atoms with Crippen LogP contribution in [0.5, 0.6) is 0 Å². The highest BCUT2D eigenvalue weighted by Gasteiger charge is 2.40. The molecular weight excluding hydrogens is 312 g/mol. The molecule has 24 heavy (non-hydrogen) atoms. The zero-order chi connectivity index (χ0) is 18.5. The van der Waals surface area contributed by atoms with Gasteiger partial charge >= 0.3 is 11.9 Å². The Bertz CT molecular complexity index is 595. The van der Waals surface area contributed by atoms with Crippen molar-refractivity contribution in [1.82, 2.24) is 5.32 Å². The van der Waals surface area contributed by atoms with E-state index >= 15 is 0 Å². The largest absolute Gasteiger partial charge is 0.481 e. The van der Waals surface area contributed by atoms with Crippen LogP contribution in [-0.4, -0.2) is 40.1 Å². The Morgan fingerprint density at radius 2 is 1.62 bits per heavy atom. The van der Waals surface area contributed by atoms with Gasteiger partial charge in [0.15, 0.2) is 0 Å². The second-order valence-electron chi connectivity index (χ2n) is 6.80. The van der Waals surface area contributed by atoms with Gasteiger partial charge in [-0.15, -0.1) is 0 Å². The maximum absolute atomic E-state index is 12.3. The summed E-state index contributed by atoms with van der Waals surface area (Å²) >= 11 is 0. The van der Waals surface area contributed by atoms with Crippen LogP contribution in [0.25, 0.3) is 0 Å². The molecule has 0 aliphatic carbocycles. The van der Waals surface area contributed by atoms with Gasteiger partial charge in [0.05, 0.1) is 12.0 Å². The number of carboxylic acid groups (broad SMARTS) is 2. The molecule has 0 bridgehead atoms. The van der Waals surface area contributed by atoms with Gasteiger partial charge in [0, 0.05) is 6.42 Å². The second-order valence-corrected chi connectivity index (χ2v) is 6.80. The molecule has 0 aliphatic rings. The van der Waals surface area contributed by atoms with Gasteiger partial charge in [0.25, 0.3) is 0 Å². The number of amides is 1. The van der Waals surface area contributed by atoms with Crippen LogP contribution in [0.15, 0.2) is 30.3 Å². The number of hydrogen-bond donors (Lipinski definition) is 4. The van der Waals surface area contributed by atoms with Crippen molar-refractivity contribution in [1.29, 1.82) is 0 Å². The molecule has 1 aromatic carbocycles. The summed E-state index contributed by atoms with van der Waals surface area (Å²) in [6, 6.07) is 6.30. The van der Waals surface area contributed by atoms with E-state index in [0.29, 0.717) is 0 Å². The first-order valence-corrected chi connectivity index (χ1v) is 7.59. The van der Waals surface area contributed by atoms with Crippen molar-refractivity contribution in [3.8, 4) is 0 Å². The summed E-state index contributed by atoms with van der Waals surface area (Å²) in [5.41, 5.74) is 5.80. The standard InChI is InChI=1S/C17H24N2O5/c1-17(2,3)12(16(23)24)13(18)14(20)19-11(15(21)22)9-10-7-5-4-6-8-10/h4-8,11-13H,9,18H2,1-3H3,(H,19,20)(H,21,22)(H,23,24)/t11-,12?,13-/m0/s1. The molecular formula is C17H24N2O5. The molecule has 132 valence electrons. The van der Waals surface area contributed by atoms with Gasteiger partial charge in [-0.3, -0.25) is 9.59 Å². The minimum absolute atomic E-state index is 0.0852. The molecule has 0 spiro atoms. The maximum Gasteiger partial charge on any atom is 0.326 e. The van der Waals surface area contributed by atoms with E-state index in [4.69, 9.17) is 5.73 Å². The molecule has 0 heterocycles. The van der Waals surface area contributed by atoms with E-state index in [9.17, 15) is 24.6 Å². The number of benzene rings is 1. The smallest absolute Gasteiger partial charge is 0.326 e. The Morgan fingerprint density at radius 1 is 1.08 bits per heavy atom. The van der Waals surface area contributed by atoms with Crippen molar-refractivity contribution < 1.29 is 24.6 Å². The van der Waals surface area contributed by atoms with Crippen molar-refractivity contribution in [2.45, 2.75) is 39.3 Å². The Hall–Kier alpha value is -2.41. The van der Waals surface area contributed by atoms with E-state index in [1.165, 1.54) is 0 Å². The Morgan fingerprint density at radius 3 is 2.04 bits per heavy atom. The fourth-order valence-corrected chi connectivity index (χ4v) is 2.53. The predicted molar refractivity (Wildman–Crippen MR) is 88.3 cm³/mol. The van der Waals surface area contributed by atoms with Crippen LogP contribution in [0.4, 0.5) is 0 Å². The zero-order valence-corrected chi connectivity index (χ0v) is 14.0. The number of rotatable bonds is 7. The van der Waals surface area contributed by atoms with E-state index in [0.717, 1.165) is 5.56 Å². The van der Waals surface area contributed by atoms with Crippen LogP contribution < -0.4 is 11.1 Å². The lowest BCUT2D eigenvalue weighted by Gasteiger charge is -2.31. The number of carboxylic acids is 2. The lowest BCUT2D eigenvalue weighted by molar-refractivity contribution is -0.149. The van der Waals surface area contributed by atoms with Gasteiger partial charge in [0.2, 0.25) is 5.91 Å². The van der Waals surface area contributed by atoms with Crippen molar-refractivity contribution in [2.75, 3.05) is 0 Å². The molecule has 0 fully saturated rings. The molecule has 0 saturated carbocycles. The SMILES string of the molecule is CC(C)(C)C(C(=O)O)[C@H](N)C(=O)N[C@@H](Cc1ccccc1)C(=O)O. The van der Waals surface area contributed by atoms with Gasteiger partial charge < -0.3 is 21.3 Å². The summed E-state index contributed by atoms with van der Waals surface area (Å²) in [6.45, 7) is 4.99. The fraction of sp³-hybridized carbons (Fsp3) is 0.471. The van der Waals surface area contributed by atoms with Gasteiger partial charge in [-0.25, -0.2) is 4.79 Å². The number of carbonyl (C=O) groups is 3. The van der Waals surface area contributed by atoms with E-state index in [-0.39, 0.29) is 6.42 Å². The summed E-state index contributed by atoms with van der Waals surface area (Å²) < 4.78 is 0. The minimum atomic E-state index is -1.35. The molecule has 7 nitrogen and oxygen atoms in total. The second kappa shape index (κ2) is 7.92. The Labute approximate surface area is 140 Å². The number of aliphatic carboxylic acids is 2. The quantitative estimate of drug-likeness (QED) is 0.584. The van der Waals surface area contributed by atoms with Crippen LogP contribution >= 0.6 is 0 Å². The molecule has 0 aliphatic heterocycles. The van der Waals surface area contributed by atoms with E-state index < -0.39 is 41.3 Å². The van der Waals surface area contributed by atoms with Crippen molar-refractivity contribution in [3.63, 3.8) is 0 Å². The third-order valence-corrected chi connectivity index (χ3v) is 3.76. The lowest BCUT2D eigenvalue weighted by atomic mass is 9.76. The first-order valence-electron chi connectivity index (χ1n) is 7.59. The summed E-state index contributed by atoms with van der Waals surface area (Å²) in [6.07, 6.45) is 0.0852. The zero-order valence-electron chi connectivity index (χ0n) is 14.0. The Balaban J connectivity index is 2.88. The molecule has 3 atom stereocenters. The molecule has 1 unspecified atom stereocenters. The maximum atomic E-state index is 12.3. The third-order valence-electron chi connectivity index (χ3n) is 3.76. The summed E-state index contributed by atoms with van der Waals surface area (Å²) in [4.78, 5) is 35.1. The average Bonchev–Trinajstić information content (AvgIpc) is 2.45. The number of carbonyl (C=O) groups excluding carboxylic acids is 1. The van der Waals surface area contributed by atoms with Crippen molar-refractivity contribution in [3.05, 3.63) is 35.9 Å². The van der Waals surface area contributed by atoms with E-state index in [1.54, 1.807) is 51.1 Å². The summed E-state index contributed by atoms with van der Waals surface area (Å²) in [7, 11) is 0. The van der Waals surface area contributed by atoms with Crippen LogP contribution in [0, 0.1) is 11.3 Å². The van der Waals surface area contributed by atoms with Crippen molar-refractivity contribution >= 4 is 17.8 Å². The van der Waals surface area contributed by atoms with Gasteiger partial charge in [0.1, 0.15) is 6.04 Å². The van der Waals surface area contributed by atoms with E-state index in [1.807, 2.05) is 0 Å². The highest BCUT2D eigenvalue weighted by atomic mass is 16.4. The highest BCUT2D eigenvalue weighted by Crippen LogP contribution is 2.28. The molecule has 1 aromatic rings. The normalized spacial score (nSPS) is 15.2. The van der Waals surface area contributed by atoms with Gasteiger partial charge in [-0.05, 0) is 11.0 Å². The first kappa shape index (κ1) is 19.6. The van der Waals surface area contributed by atoms with Crippen LogP contribution in [-0.2, 0) is 20.8 Å². The third kappa shape index (κ3) is 5.34. The highest BCUT2D eigenvalue weighted by molar-refractivity contribution is 5.90. The number of hydrogen-bond acceptors (Lipinski definition) is 4. The molecule has 5 N–H and O–H groups in total. The van der Waals surface area contributed by atoms with E-state index in [2.05, 4.69) is 5.32 Å². The average molecular weight is 336 g/mol. The predicted octanol–water partition coefficient (Wildman–Crippen LogP) is 0.873. The van der Waals surface area contributed by atoms with Crippen LogP contribution in [0.1, 0.15) is 26.3 Å². The Kier molecular flexibility index (Phi) is 6.48. The first-order chi connectivity index (χ1) is 11.0. The molecule has 1 amide bonds. The monoisotopic (exact) mass is 336 g/mol. The van der Waals surface area contributed by atoms with Crippen LogP contribution in [0.3, 0.4) is 0 Å².